The molecule has 0 saturated carbocycles. The highest BCUT2D eigenvalue weighted by molar-refractivity contribution is 7.99. The van der Waals surface area contributed by atoms with Crippen molar-refractivity contribution in [2.75, 3.05) is 18.1 Å². The predicted octanol–water partition coefficient (Wildman–Crippen LogP) is 2.66. The highest BCUT2D eigenvalue weighted by atomic mass is 32.2. The van der Waals surface area contributed by atoms with Crippen LogP contribution >= 0.6 is 11.8 Å². The molecule has 4 heteroatoms. The quantitative estimate of drug-likeness (QED) is 0.745. The summed E-state index contributed by atoms with van der Waals surface area (Å²) in [5.41, 5.74) is 0.836. The molecule has 1 aromatic rings. The molecule has 1 rings (SSSR count). The minimum Gasteiger partial charge on any atom is -0.492 e. The normalized spacial score (nSPS) is 12.4. The second-order valence-electron chi connectivity index (χ2n) is 3.39. The Balaban J connectivity index is 2.53. The first kappa shape index (κ1) is 13.3. The number of rotatable bonds is 7. The number of ether oxygens (including phenoxy) is 1. The van der Waals surface area contributed by atoms with E-state index in [1.807, 2.05) is 24.8 Å². The van der Waals surface area contributed by atoms with E-state index < -0.39 is 6.10 Å². The molecule has 0 aliphatic heterocycles. The molecular weight excluding hydrogens is 222 g/mol. The van der Waals surface area contributed by atoms with E-state index in [-0.39, 0.29) is 0 Å². The van der Waals surface area contributed by atoms with Crippen molar-refractivity contribution >= 4 is 11.8 Å². The first-order chi connectivity index (χ1) is 7.77. The molecule has 1 unspecified atom stereocenters. The number of nitrogens with zero attached hydrogens (tertiary/aromatic N) is 1. The first-order valence-corrected chi connectivity index (χ1v) is 6.77. The Morgan fingerprint density at radius 3 is 2.94 bits per heavy atom. The fraction of sp³-hybridized carbons (Fsp3) is 0.583. The maximum atomic E-state index is 9.93. The van der Waals surface area contributed by atoms with Crippen molar-refractivity contribution in [2.45, 2.75) is 26.4 Å². The molecule has 0 spiro atoms. The third-order valence-corrected chi connectivity index (χ3v) is 3.10. The van der Waals surface area contributed by atoms with E-state index in [2.05, 4.69) is 11.9 Å². The molecule has 0 radical (unpaired) electrons. The summed E-state index contributed by atoms with van der Waals surface area (Å²) in [5.74, 6) is 2.78. The maximum absolute atomic E-state index is 9.93. The van der Waals surface area contributed by atoms with Crippen LogP contribution < -0.4 is 4.74 Å². The van der Waals surface area contributed by atoms with Crippen molar-refractivity contribution < 1.29 is 9.84 Å². The Hall–Kier alpha value is -0.740. The van der Waals surface area contributed by atoms with Gasteiger partial charge in [0, 0.05) is 11.8 Å². The summed E-state index contributed by atoms with van der Waals surface area (Å²) < 4.78 is 5.34. The van der Waals surface area contributed by atoms with E-state index in [1.54, 1.807) is 12.4 Å². The number of hydrogen-bond donors (Lipinski definition) is 1. The Labute approximate surface area is 101 Å². The van der Waals surface area contributed by atoms with Gasteiger partial charge in [-0.25, -0.2) is 0 Å². The highest BCUT2D eigenvalue weighted by Gasteiger charge is 2.08. The van der Waals surface area contributed by atoms with Crippen LogP contribution in [0.1, 0.15) is 31.9 Å². The predicted molar refractivity (Wildman–Crippen MR) is 68.0 cm³/mol. The van der Waals surface area contributed by atoms with Crippen LogP contribution in [0.4, 0.5) is 0 Å². The average molecular weight is 241 g/mol. The van der Waals surface area contributed by atoms with Crippen LogP contribution in [0, 0.1) is 0 Å². The summed E-state index contributed by atoms with van der Waals surface area (Å²) >= 11 is 1.83. The van der Waals surface area contributed by atoms with E-state index in [1.165, 1.54) is 0 Å². The summed E-state index contributed by atoms with van der Waals surface area (Å²) in [6, 6.07) is 1.86. The molecule has 3 nitrogen and oxygen atoms in total. The molecule has 0 amide bonds. The molecule has 1 atom stereocenters. The third-order valence-electron chi connectivity index (χ3n) is 2.17. The number of hydrogen-bond acceptors (Lipinski definition) is 4. The smallest absolute Gasteiger partial charge is 0.137 e. The minimum atomic E-state index is -0.438. The molecule has 0 aliphatic rings. The lowest BCUT2D eigenvalue weighted by atomic mass is 10.1. The summed E-state index contributed by atoms with van der Waals surface area (Å²) in [7, 11) is 0. The second kappa shape index (κ2) is 7.52. The summed E-state index contributed by atoms with van der Waals surface area (Å²) in [5, 5.41) is 9.93. The van der Waals surface area contributed by atoms with Crippen molar-refractivity contribution in [1.29, 1.82) is 0 Å². The molecule has 1 N–H and O–H groups in total. The van der Waals surface area contributed by atoms with Crippen LogP contribution in [-0.4, -0.2) is 28.2 Å². The third kappa shape index (κ3) is 4.41. The van der Waals surface area contributed by atoms with Crippen LogP contribution in [0.3, 0.4) is 0 Å². The largest absolute Gasteiger partial charge is 0.492 e. The van der Waals surface area contributed by atoms with Gasteiger partial charge in [-0.1, -0.05) is 6.92 Å². The number of pyridine rings is 1. The fourth-order valence-electron chi connectivity index (χ4n) is 1.37. The molecule has 16 heavy (non-hydrogen) atoms. The van der Waals surface area contributed by atoms with E-state index in [0.29, 0.717) is 6.61 Å². The van der Waals surface area contributed by atoms with Gasteiger partial charge in [0.2, 0.25) is 0 Å². The zero-order valence-electron chi connectivity index (χ0n) is 9.85. The lowest BCUT2D eigenvalue weighted by molar-refractivity contribution is 0.174. The number of aliphatic hydroxyl groups excluding tert-OH is 1. The van der Waals surface area contributed by atoms with Gasteiger partial charge in [-0.3, -0.25) is 4.98 Å². The Bertz CT molecular complexity index is 307. The average Bonchev–Trinajstić information content (AvgIpc) is 2.30. The second-order valence-corrected chi connectivity index (χ2v) is 4.78. The zero-order valence-corrected chi connectivity index (χ0v) is 10.7. The van der Waals surface area contributed by atoms with E-state index in [0.717, 1.165) is 29.2 Å². The van der Waals surface area contributed by atoms with Gasteiger partial charge in [0.15, 0.2) is 0 Å². The molecule has 1 heterocycles. The van der Waals surface area contributed by atoms with Crippen LogP contribution in [0.5, 0.6) is 5.75 Å². The van der Waals surface area contributed by atoms with Gasteiger partial charge in [-0.05, 0) is 30.9 Å². The molecule has 1 aromatic heterocycles. The van der Waals surface area contributed by atoms with Gasteiger partial charge in [-0.2, -0.15) is 11.8 Å². The van der Waals surface area contributed by atoms with Crippen LogP contribution in [0.2, 0.25) is 0 Å². The monoisotopic (exact) mass is 241 g/mol. The Morgan fingerprint density at radius 1 is 1.44 bits per heavy atom. The van der Waals surface area contributed by atoms with Gasteiger partial charge in [0.1, 0.15) is 5.75 Å². The SMILES string of the molecule is CCOc1cncc(C(O)CCSCC)c1. The van der Waals surface area contributed by atoms with Crippen LogP contribution in [-0.2, 0) is 0 Å². The van der Waals surface area contributed by atoms with Crippen LogP contribution in [0.25, 0.3) is 0 Å². The van der Waals surface area contributed by atoms with E-state index >= 15 is 0 Å². The zero-order chi connectivity index (χ0) is 11.8. The van der Waals surface area contributed by atoms with Crippen molar-refractivity contribution in [3.05, 3.63) is 24.0 Å². The molecule has 90 valence electrons. The van der Waals surface area contributed by atoms with Gasteiger partial charge in [0.05, 0.1) is 18.9 Å². The fourth-order valence-corrected chi connectivity index (χ4v) is 2.05. The van der Waals surface area contributed by atoms with Crippen LogP contribution in [0.15, 0.2) is 18.5 Å². The molecule has 0 bridgehead atoms. The van der Waals surface area contributed by atoms with Crippen molar-refractivity contribution in [3.8, 4) is 5.75 Å². The molecule has 0 fully saturated rings. The van der Waals surface area contributed by atoms with Crippen molar-refractivity contribution in [1.82, 2.24) is 4.98 Å². The van der Waals surface area contributed by atoms with Gasteiger partial charge in [0.25, 0.3) is 0 Å². The van der Waals surface area contributed by atoms with Gasteiger partial charge in [-0.15, -0.1) is 0 Å². The lowest BCUT2D eigenvalue weighted by Crippen LogP contribution is -2.01. The Morgan fingerprint density at radius 2 is 2.25 bits per heavy atom. The standard InChI is InChI=1S/C12H19NO2S/c1-3-15-11-7-10(8-13-9-11)12(14)5-6-16-4-2/h7-9,12,14H,3-6H2,1-2H3. The van der Waals surface area contributed by atoms with Crippen molar-refractivity contribution in [3.63, 3.8) is 0 Å². The number of aliphatic hydroxyl groups is 1. The van der Waals surface area contributed by atoms with Gasteiger partial charge >= 0.3 is 0 Å². The van der Waals surface area contributed by atoms with E-state index in [4.69, 9.17) is 4.74 Å². The summed E-state index contributed by atoms with van der Waals surface area (Å²) in [6.07, 6.45) is 3.69. The first-order valence-electron chi connectivity index (χ1n) is 5.61. The molecule has 0 saturated heterocycles. The number of aromatic nitrogens is 1. The van der Waals surface area contributed by atoms with E-state index in [9.17, 15) is 5.11 Å². The molecule has 0 aromatic carbocycles. The van der Waals surface area contributed by atoms with Gasteiger partial charge < -0.3 is 9.84 Å². The maximum Gasteiger partial charge on any atom is 0.137 e. The lowest BCUT2D eigenvalue weighted by Gasteiger charge is -2.11. The summed E-state index contributed by atoms with van der Waals surface area (Å²) in [6.45, 7) is 4.67. The van der Waals surface area contributed by atoms with Crippen molar-refractivity contribution in [2.24, 2.45) is 0 Å². The molecule has 0 aliphatic carbocycles. The number of thioether (sulfide) groups is 1. The highest BCUT2D eigenvalue weighted by Crippen LogP contribution is 2.21. The Kier molecular flexibility index (Phi) is 6.26. The minimum absolute atomic E-state index is 0.438. The topological polar surface area (TPSA) is 42.4 Å². The molecular formula is C12H19NO2S. The summed E-state index contributed by atoms with van der Waals surface area (Å²) in [4.78, 5) is 4.06.